The maximum Gasteiger partial charge on any atom is 0.178 e. The Balaban J connectivity index is 1.58. The molecule has 0 spiro atoms. The molecule has 0 aliphatic heterocycles. The summed E-state index contributed by atoms with van der Waals surface area (Å²) in [5.74, 6) is 3.71. The molecule has 4 aliphatic rings. The van der Waals surface area contributed by atoms with Crippen LogP contribution in [-0.4, -0.2) is 26.7 Å². The molecule has 10 atom stereocenters. The van der Waals surface area contributed by atoms with Crippen molar-refractivity contribution in [3.8, 4) is 0 Å². The second kappa shape index (κ2) is 8.56. The molecule has 2 nitrogen and oxygen atoms in total. The predicted octanol–water partition coefficient (Wildman–Crippen LogP) is 7.38. The number of aliphatic hydroxyl groups is 1. The Bertz CT molecular complexity index is 697. The van der Waals surface area contributed by atoms with Crippen LogP contribution in [0.1, 0.15) is 98.8 Å². The molecule has 4 fully saturated rings. The lowest BCUT2D eigenvalue weighted by atomic mass is 9.42. The van der Waals surface area contributed by atoms with E-state index in [-0.39, 0.29) is 21.4 Å². The Morgan fingerprint density at radius 2 is 1.77 bits per heavy atom. The third kappa shape index (κ3) is 3.70. The van der Waals surface area contributed by atoms with Gasteiger partial charge in [-0.2, -0.15) is 0 Å². The van der Waals surface area contributed by atoms with Crippen LogP contribution in [0.25, 0.3) is 0 Å². The standard InChI is InChI=1S/C27H44BrClO2/c1-16(2)7-6-8-17(3)19-9-10-20-22-21(12-13-25(19,20)4)26(5)14-11-18(29)15-27(26,31)24(30)23(22)28/h16-23,31H,6-15H2,1-5H3/t17-,18+,19-,20+,21+,22+,23+,25-,26-,27+/m1/s1. The highest BCUT2D eigenvalue weighted by Crippen LogP contribution is 2.69. The second-order valence-electron chi connectivity index (χ2n) is 12.7. The van der Waals surface area contributed by atoms with Crippen LogP contribution in [0, 0.1) is 46.3 Å². The molecule has 0 saturated heterocycles. The van der Waals surface area contributed by atoms with Crippen LogP contribution in [0.2, 0.25) is 0 Å². The summed E-state index contributed by atoms with van der Waals surface area (Å²) in [6.07, 6.45) is 11.2. The van der Waals surface area contributed by atoms with Crippen LogP contribution in [0.3, 0.4) is 0 Å². The third-order valence-electron chi connectivity index (χ3n) is 10.8. The van der Waals surface area contributed by atoms with E-state index in [0.29, 0.717) is 29.6 Å². The monoisotopic (exact) mass is 514 g/mol. The van der Waals surface area contributed by atoms with E-state index in [1.807, 2.05) is 0 Å². The number of fused-ring (bicyclic) bond motifs is 5. The zero-order valence-corrected chi connectivity index (χ0v) is 22.6. The van der Waals surface area contributed by atoms with Crippen LogP contribution in [0.15, 0.2) is 0 Å². The molecule has 178 valence electrons. The van der Waals surface area contributed by atoms with Crippen molar-refractivity contribution in [2.24, 2.45) is 46.3 Å². The first kappa shape index (κ1) is 24.5. The quantitative estimate of drug-likeness (QED) is 0.388. The minimum absolute atomic E-state index is 0.0271. The van der Waals surface area contributed by atoms with Gasteiger partial charge in [0.05, 0.1) is 4.83 Å². The predicted molar refractivity (Wildman–Crippen MR) is 133 cm³/mol. The molecule has 31 heavy (non-hydrogen) atoms. The summed E-state index contributed by atoms with van der Waals surface area (Å²) < 4.78 is 0. The fraction of sp³-hybridized carbons (Fsp3) is 0.963. The summed E-state index contributed by atoms with van der Waals surface area (Å²) in [5, 5.41) is 11.6. The summed E-state index contributed by atoms with van der Waals surface area (Å²) in [4.78, 5) is 13.4. The molecule has 0 bridgehead atoms. The number of carbonyl (C=O) groups excluding carboxylic acids is 1. The smallest absolute Gasteiger partial charge is 0.178 e. The van der Waals surface area contributed by atoms with E-state index in [4.69, 9.17) is 11.6 Å². The minimum atomic E-state index is -1.26. The van der Waals surface area contributed by atoms with E-state index >= 15 is 0 Å². The van der Waals surface area contributed by atoms with Gasteiger partial charge in [0.2, 0.25) is 0 Å². The van der Waals surface area contributed by atoms with Crippen LogP contribution < -0.4 is 0 Å². The maximum absolute atomic E-state index is 13.6. The van der Waals surface area contributed by atoms with Gasteiger partial charge in [0.25, 0.3) is 0 Å². The van der Waals surface area contributed by atoms with E-state index in [1.54, 1.807) is 0 Å². The first-order chi connectivity index (χ1) is 14.5. The van der Waals surface area contributed by atoms with Gasteiger partial charge in [-0.1, -0.05) is 69.8 Å². The molecule has 0 heterocycles. The Labute approximate surface area is 203 Å². The normalized spacial score (nSPS) is 50.7. The first-order valence-electron chi connectivity index (χ1n) is 13.0. The van der Waals surface area contributed by atoms with Crippen molar-refractivity contribution in [1.82, 2.24) is 0 Å². The highest BCUT2D eigenvalue weighted by molar-refractivity contribution is 9.10. The van der Waals surface area contributed by atoms with Crippen molar-refractivity contribution in [3.05, 3.63) is 0 Å². The number of ketones is 1. The second-order valence-corrected chi connectivity index (χ2v) is 14.3. The van der Waals surface area contributed by atoms with E-state index in [9.17, 15) is 9.90 Å². The number of carbonyl (C=O) groups is 1. The number of rotatable bonds is 5. The van der Waals surface area contributed by atoms with Gasteiger partial charge < -0.3 is 5.11 Å². The van der Waals surface area contributed by atoms with Crippen LogP contribution in [-0.2, 0) is 4.79 Å². The van der Waals surface area contributed by atoms with E-state index < -0.39 is 5.60 Å². The number of hydrogen-bond donors (Lipinski definition) is 1. The molecule has 4 heteroatoms. The minimum Gasteiger partial charge on any atom is -0.381 e. The first-order valence-corrected chi connectivity index (χ1v) is 14.4. The van der Waals surface area contributed by atoms with Crippen molar-refractivity contribution in [3.63, 3.8) is 0 Å². The van der Waals surface area contributed by atoms with Gasteiger partial charge in [-0.15, -0.1) is 11.6 Å². The molecular weight excluding hydrogens is 472 g/mol. The molecule has 0 aromatic heterocycles. The van der Waals surface area contributed by atoms with Crippen molar-refractivity contribution in [2.45, 2.75) is 115 Å². The fourth-order valence-electron chi connectivity index (χ4n) is 8.97. The molecule has 0 radical (unpaired) electrons. The summed E-state index contributed by atoms with van der Waals surface area (Å²) in [5.41, 5.74) is -1.25. The zero-order chi connectivity index (χ0) is 22.8. The van der Waals surface area contributed by atoms with Crippen LogP contribution in [0.5, 0.6) is 0 Å². The number of halogens is 2. The summed E-state index contributed by atoms with van der Waals surface area (Å²) in [6.45, 7) is 11.9. The number of hydrogen-bond acceptors (Lipinski definition) is 2. The van der Waals surface area contributed by atoms with Gasteiger partial charge in [-0.3, -0.25) is 4.79 Å². The van der Waals surface area contributed by atoms with Gasteiger partial charge in [0, 0.05) is 17.2 Å². The van der Waals surface area contributed by atoms with Crippen molar-refractivity contribution in [2.75, 3.05) is 0 Å². The SMILES string of the molecule is CC(C)CCC[C@@H](C)[C@H]1CC[C@H]2[C@@H]3[C@H](Br)C(=O)[C@@]4(O)C[C@@H](Cl)CC[C@]4(C)[C@H]3CC[C@]12C. The summed E-state index contributed by atoms with van der Waals surface area (Å²) in [6, 6.07) is 0. The summed E-state index contributed by atoms with van der Waals surface area (Å²) in [7, 11) is 0. The Morgan fingerprint density at radius 1 is 1.06 bits per heavy atom. The molecular formula is C27H44BrClO2. The lowest BCUT2D eigenvalue weighted by Gasteiger charge is -2.64. The van der Waals surface area contributed by atoms with Crippen LogP contribution in [0.4, 0.5) is 0 Å². The molecule has 1 N–H and O–H groups in total. The van der Waals surface area contributed by atoms with E-state index in [0.717, 1.165) is 37.0 Å². The highest BCUT2D eigenvalue weighted by atomic mass is 79.9. The molecule has 4 aliphatic carbocycles. The Kier molecular flexibility index (Phi) is 6.77. The zero-order valence-electron chi connectivity index (χ0n) is 20.3. The highest BCUT2D eigenvalue weighted by Gasteiger charge is 2.70. The third-order valence-corrected chi connectivity index (χ3v) is 12.2. The van der Waals surface area contributed by atoms with Gasteiger partial charge in [0.1, 0.15) is 5.60 Å². The molecule has 0 aromatic rings. The van der Waals surface area contributed by atoms with Crippen molar-refractivity contribution < 1.29 is 9.90 Å². The molecule has 4 rings (SSSR count). The largest absolute Gasteiger partial charge is 0.381 e. The van der Waals surface area contributed by atoms with Gasteiger partial charge in [-0.25, -0.2) is 0 Å². The Morgan fingerprint density at radius 3 is 2.45 bits per heavy atom. The molecule has 0 aromatic carbocycles. The van der Waals surface area contributed by atoms with E-state index in [2.05, 4.69) is 50.5 Å². The average molecular weight is 516 g/mol. The molecule has 0 unspecified atom stereocenters. The maximum atomic E-state index is 13.6. The summed E-state index contributed by atoms with van der Waals surface area (Å²) >= 11 is 10.3. The van der Waals surface area contributed by atoms with Gasteiger partial charge in [-0.05, 0) is 79.4 Å². The fourth-order valence-corrected chi connectivity index (χ4v) is 10.4. The van der Waals surface area contributed by atoms with Crippen LogP contribution >= 0.6 is 27.5 Å². The number of Topliss-reactive ketones (excluding diaryl/α,β-unsaturated/α-hetero) is 1. The van der Waals surface area contributed by atoms with Crippen molar-refractivity contribution in [1.29, 1.82) is 0 Å². The van der Waals surface area contributed by atoms with Gasteiger partial charge >= 0.3 is 0 Å². The van der Waals surface area contributed by atoms with Gasteiger partial charge in [0.15, 0.2) is 5.78 Å². The van der Waals surface area contributed by atoms with E-state index in [1.165, 1.54) is 38.5 Å². The molecule has 4 saturated carbocycles. The molecule has 0 amide bonds. The Hall–Kier alpha value is 0.400. The average Bonchev–Trinajstić information content (AvgIpc) is 3.05. The lowest BCUT2D eigenvalue weighted by Crippen LogP contribution is -2.70. The lowest BCUT2D eigenvalue weighted by molar-refractivity contribution is -0.200. The van der Waals surface area contributed by atoms with Crippen molar-refractivity contribution >= 4 is 33.3 Å². The number of alkyl halides is 2. The topological polar surface area (TPSA) is 37.3 Å².